The van der Waals surface area contributed by atoms with Crippen molar-refractivity contribution in [3.8, 4) is 0 Å². The number of aliphatic hydroxyl groups is 1. The van der Waals surface area contributed by atoms with E-state index in [2.05, 4.69) is 5.32 Å². The molecular weight excluding hydrogens is 241 g/mol. The van der Waals surface area contributed by atoms with Crippen LogP contribution in [0.4, 0.5) is 10.1 Å². The van der Waals surface area contributed by atoms with Gasteiger partial charge in [0.25, 0.3) is 0 Å². The summed E-state index contributed by atoms with van der Waals surface area (Å²) >= 11 is 0. The van der Waals surface area contributed by atoms with Crippen LogP contribution in [-0.4, -0.2) is 11.7 Å². The number of hydrogen-bond donors (Lipinski definition) is 2. The third-order valence-electron chi connectivity index (χ3n) is 3.15. The molecule has 0 heterocycles. The first-order valence-corrected chi connectivity index (χ1v) is 6.31. The monoisotopic (exact) mass is 259 g/mol. The molecule has 0 fully saturated rings. The van der Waals surface area contributed by atoms with E-state index in [-0.39, 0.29) is 12.4 Å². The van der Waals surface area contributed by atoms with E-state index >= 15 is 0 Å². The quantitative estimate of drug-likeness (QED) is 0.879. The van der Waals surface area contributed by atoms with Crippen molar-refractivity contribution in [2.45, 2.75) is 20.0 Å². The third kappa shape index (κ3) is 3.32. The summed E-state index contributed by atoms with van der Waals surface area (Å²) in [5.74, 6) is -0.310. The number of benzene rings is 2. The Balaban J connectivity index is 2.07. The average molecular weight is 259 g/mol. The summed E-state index contributed by atoms with van der Waals surface area (Å²) in [5.41, 5.74) is 3.43. The highest BCUT2D eigenvalue weighted by Crippen LogP contribution is 2.20. The number of halogens is 1. The van der Waals surface area contributed by atoms with E-state index in [1.54, 1.807) is 18.2 Å². The van der Waals surface area contributed by atoms with Crippen LogP contribution >= 0.6 is 0 Å². The summed E-state index contributed by atoms with van der Waals surface area (Å²) in [4.78, 5) is 0. The van der Waals surface area contributed by atoms with Crippen LogP contribution in [0.1, 0.15) is 22.8 Å². The Bertz CT molecular complexity index is 568. The van der Waals surface area contributed by atoms with Gasteiger partial charge in [0.2, 0.25) is 0 Å². The molecule has 0 aromatic heterocycles. The van der Waals surface area contributed by atoms with Crippen LogP contribution in [0.15, 0.2) is 42.5 Å². The SMILES string of the molecule is Cc1ccc(C)c(C(O)CNc2ccccc2F)c1. The summed E-state index contributed by atoms with van der Waals surface area (Å²) < 4.78 is 13.4. The van der Waals surface area contributed by atoms with Crippen LogP contribution in [0, 0.1) is 19.7 Å². The minimum absolute atomic E-state index is 0.283. The molecule has 2 aromatic rings. The predicted octanol–water partition coefficient (Wildman–Crippen LogP) is 3.59. The van der Waals surface area contributed by atoms with E-state index in [0.29, 0.717) is 5.69 Å². The van der Waals surface area contributed by atoms with Crippen molar-refractivity contribution in [3.05, 3.63) is 65.0 Å². The molecule has 0 radical (unpaired) electrons. The molecule has 0 aliphatic heterocycles. The van der Waals surface area contributed by atoms with Gasteiger partial charge in [-0.2, -0.15) is 0 Å². The molecule has 19 heavy (non-hydrogen) atoms. The predicted molar refractivity (Wildman–Crippen MR) is 75.8 cm³/mol. The lowest BCUT2D eigenvalue weighted by Crippen LogP contribution is -2.14. The molecule has 3 heteroatoms. The highest BCUT2D eigenvalue weighted by molar-refractivity contribution is 5.45. The van der Waals surface area contributed by atoms with Gasteiger partial charge in [-0.05, 0) is 37.1 Å². The van der Waals surface area contributed by atoms with Gasteiger partial charge in [-0.1, -0.05) is 35.9 Å². The highest BCUT2D eigenvalue weighted by atomic mass is 19.1. The lowest BCUT2D eigenvalue weighted by Gasteiger charge is -2.16. The van der Waals surface area contributed by atoms with Gasteiger partial charge < -0.3 is 10.4 Å². The molecule has 0 saturated carbocycles. The zero-order valence-electron chi connectivity index (χ0n) is 11.2. The number of para-hydroxylation sites is 1. The van der Waals surface area contributed by atoms with E-state index in [1.807, 2.05) is 32.0 Å². The van der Waals surface area contributed by atoms with E-state index < -0.39 is 6.10 Å². The second kappa shape index (κ2) is 5.85. The largest absolute Gasteiger partial charge is 0.387 e. The van der Waals surface area contributed by atoms with Crippen molar-refractivity contribution in [1.29, 1.82) is 0 Å². The van der Waals surface area contributed by atoms with Crippen LogP contribution in [0.25, 0.3) is 0 Å². The van der Waals surface area contributed by atoms with Crippen LogP contribution in [0.3, 0.4) is 0 Å². The summed E-state index contributed by atoms with van der Waals surface area (Å²) in [6.07, 6.45) is -0.653. The van der Waals surface area contributed by atoms with Crippen LogP contribution in [-0.2, 0) is 0 Å². The first-order valence-electron chi connectivity index (χ1n) is 6.31. The van der Waals surface area contributed by atoms with Gasteiger partial charge in [0.15, 0.2) is 0 Å². The molecule has 2 rings (SSSR count). The van der Waals surface area contributed by atoms with E-state index in [9.17, 15) is 9.50 Å². The van der Waals surface area contributed by atoms with Gasteiger partial charge in [-0.3, -0.25) is 0 Å². The molecule has 0 aliphatic rings. The van der Waals surface area contributed by atoms with Crippen molar-refractivity contribution < 1.29 is 9.50 Å². The summed E-state index contributed by atoms with van der Waals surface area (Å²) in [6.45, 7) is 4.23. The number of aliphatic hydroxyl groups excluding tert-OH is 1. The minimum atomic E-state index is -0.653. The summed E-state index contributed by atoms with van der Waals surface area (Å²) in [7, 11) is 0. The first kappa shape index (κ1) is 13.6. The Kier molecular flexibility index (Phi) is 4.17. The zero-order valence-corrected chi connectivity index (χ0v) is 11.2. The van der Waals surface area contributed by atoms with Gasteiger partial charge >= 0.3 is 0 Å². The number of aryl methyl sites for hydroxylation is 2. The van der Waals surface area contributed by atoms with Crippen molar-refractivity contribution >= 4 is 5.69 Å². The lowest BCUT2D eigenvalue weighted by molar-refractivity contribution is 0.190. The van der Waals surface area contributed by atoms with Crippen molar-refractivity contribution in [2.24, 2.45) is 0 Å². The number of rotatable bonds is 4. The lowest BCUT2D eigenvalue weighted by atomic mass is 10.0. The molecule has 2 N–H and O–H groups in total. The number of hydrogen-bond acceptors (Lipinski definition) is 2. The maximum Gasteiger partial charge on any atom is 0.146 e. The molecule has 0 amide bonds. The van der Waals surface area contributed by atoms with Crippen molar-refractivity contribution in [1.82, 2.24) is 0 Å². The van der Waals surface area contributed by atoms with E-state index in [1.165, 1.54) is 6.07 Å². The Morgan fingerprint density at radius 2 is 1.89 bits per heavy atom. The molecule has 100 valence electrons. The molecule has 0 saturated heterocycles. The summed E-state index contributed by atoms with van der Waals surface area (Å²) in [5, 5.41) is 13.1. The average Bonchev–Trinajstić information content (AvgIpc) is 2.40. The molecule has 1 atom stereocenters. The number of nitrogens with one attached hydrogen (secondary N) is 1. The van der Waals surface area contributed by atoms with Gasteiger partial charge in [-0.25, -0.2) is 4.39 Å². The third-order valence-corrected chi connectivity index (χ3v) is 3.15. The normalized spacial score (nSPS) is 12.2. The molecule has 0 aliphatic carbocycles. The fourth-order valence-corrected chi connectivity index (χ4v) is 2.04. The van der Waals surface area contributed by atoms with Gasteiger partial charge in [0.1, 0.15) is 5.82 Å². The standard InChI is InChI=1S/C16H18FNO/c1-11-7-8-12(2)13(9-11)16(19)10-18-15-6-4-3-5-14(15)17/h3-9,16,18-19H,10H2,1-2H3. The minimum Gasteiger partial charge on any atom is -0.387 e. The van der Waals surface area contributed by atoms with Crippen LogP contribution in [0.5, 0.6) is 0 Å². The molecule has 2 aromatic carbocycles. The van der Waals surface area contributed by atoms with Crippen LogP contribution < -0.4 is 5.32 Å². The molecule has 0 bridgehead atoms. The molecule has 2 nitrogen and oxygen atoms in total. The Morgan fingerprint density at radius 1 is 1.16 bits per heavy atom. The molecule has 0 spiro atoms. The van der Waals surface area contributed by atoms with Gasteiger partial charge in [0.05, 0.1) is 11.8 Å². The molecular formula is C16H18FNO. The zero-order chi connectivity index (χ0) is 13.8. The fourth-order valence-electron chi connectivity index (χ4n) is 2.04. The maximum atomic E-state index is 13.4. The Morgan fingerprint density at radius 3 is 2.63 bits per heavy atom. The second-order valence-electron chi connectivity index (χ2n) is 4.74. The second-order valence-corrected chi connectivity index (χ2v) is 4.74. The smallest absolute Gasteiger partial charge is 0.146 e. The summed E-state index contributed by atoms with van der Waals surface area (Å²) in [6, 6.07) is 12.4. The van der Waals surface area contributed by atoms with Gasteiger partial charge in [-0.15, -0.1) is 0 Å². The molecule has 1 unspecified atom stereocenters. The number of anilines is 1. The van der Waals surface area contributed by atoms with Crippen molar-refractivity contribution in [2.75, 3.05) is 11.9 Å². The Hall–Kier alpha value is -1.87. The highest BCUT2D eigenvalue weighted by Gasteiger charge is 2.11. The van der Waals surface area contributed by atoms with Gasteiger partial charge in [0, 0.05) is 6.54 Å². The first-order chi connectivity index (χ1) is 9.08. The fraction of sp³-hybridized carbons (Fsp3) is 0.250. The van der Waals surface area contributed by atoms with E-state index in [4.69, 9.17) is 0 Å². The maximum absolute atomic E-state index is 13.4. The Labute approximate surface area is 112 Å². The van der Waals surface area contributed by atoms with E-state index in [0.717, 1.165) is 16.7 Å². The topological polar surface area (TPSA) is 32.3 Å². The van der Waals surface area contributed by atoms with Crippen LogP contribution in [0.2, 0.25) is 0 Å². The van der Waals surface area contributed by atoms with Crippen molar-refractivity contribution in [3.63, 3.8) is 0 Å².